The average Bonchev–Trinajstić information content (AvgIpc) is 2.24. The highest BCUT2D eigenvalue weighted by Crippen LogP contribution is 2.12. The Morgan fingerprint density at radius 3 is 2.61 bits per heavy atom. The number of hydrogen-bond donors (Lipinski definition) is 2. The lowest BCUT2D eigenvalue weighted by atomic mass is 10.1. The molecule has 0 radical (unpaired) electrons. The summed E-state index contributed by atoms with van der Waals surface area (Å²) in [4.78, 5) is 4.18. The van der Waals surface area contributed by atoms with Gasteiger partial charge in [-0.2, -0.15) is 4.98 Å². The van der Waals surface area contributed by atoms with Crippen LogP contribution in [0, 0.1) is 0 Å². The van der Waals surface area contributed by atoms with Crippen LogP contribution in [0.25, 0.3) is 0 Å². The highest BCUT2D eigenvalue weighted by atomic mass is 32.2. The van der Waals surface area contributed by atoms with Crippen LogP contribution < -0.4 is 14.8 Å². The van der Waals surface area contributed by atoms with E-state index in [4.69, 9.17) is 4.74 Å². The van der Waals surface area contributed by atoms with Gasteiger partial charge in [-0.3, -0.25) is 0 Å². The second-order valence-electron chi connectivity index (χ2n) is 4.68. The van der Waals surface area contributed by atoms with Crippen LogP contribution >= 0.6 is 0 Å². The molecule has 2 N–H and O–H groups in total. The van der Waals surface area contributed by atoms with Gasteiger partial charge in [0.05, 0.1) is 13.4 Å². The first-order valence-electron chi connectivity index (χ1n) is 5.46. The highest BCUT2D eigenvalue weighted by molar-refractivity contribution is 7.88. The normalized spacial score (nSPS) is 12.2. The van der Waals surface area contributed by atoms with Crippen molar-refractivity contribution in [3.63, 3.8) is 0 Å². The van der Waals surface area contributed by atoms with Crippen molar-refractivity contribution >= 4 is 15.8 Å². The summed E-state index contributed by atoms with van der Waals surface area (Å²) in [5, 5.41) is 3.06. The number of nitrogens with zero attached hydrogens (tertiary/aromatic N) is 1. The third kappa shape index (κ3) is 5.33. The molecule has 0 bridgehead atoms. The van der Waals surface area contributed by atoms with Crippen molar-refractivity contribution in [3.05, 3.63) is 18.2 Å². The second kappa shape index (κ2) is 5.53. The lowest BCUT2D eigenvalue weighted by Gasteiger charge is -2.25. The molecule has 7 heteroatoms. The molecule has 1 rings (SSSR count). The Morgan fingerprint density at radius 2 is 2.06 bits per heavy atom. The standard InChI is InChI=1S/C11H19N3O3S/c1-11(2,14-18(4,15)16)8-12-9-6-5-7-10(13-9)17-3/h5-7,14H,8H2,1-4H3,(H,12,13). The Bertz CT molecular complexity index is 500. The van der Waals surface area contributed by atoms with E-state index in [0.29, 0.717) is 18.2 Å². The van der Waals surface area contributed by atoms with E-state index in [0.717, 1.165) is 6.26 Å². The smallest absolute Gasteiger partial charge is 0.214 e. The molecule has 0 saturated carbocycles. The highest BCUT2D eigenvalue weighted by Gasteiger charge is 2.21. The molecule has 0 aliphatic rings. The first-order chi connectivity index (χ1) is 8.22. The average molecular weight is 273 g/mol. The third-order valence-electron chi connectivity index (χ3n) is 2.11. The van der Waals surface area contributed by atoms with E-state index in [1.54, 1.807) is 33.1 Å². The summed E-state index contributed by atoms with van der Waals surface area (Å²) in [5.41, 5.74) is -0.599. The summed E-state index contributed by atoms with van der Waals surface area (Å²) < 4.78 is 29.9. The quantitative estimate of drug-likeness (QED) is 0.802. The fourth-order valence-electron chi connectivity index (χ4n) is 1.48. The third-order valence-corrected chi connectivity index (χ3v) is 3.03. The first-order valence-corrected chi connectivity index (χ1v) is 7.35. The summed E-state index contributed by atoms with van der Waals surface area (Å²) in [6.07, 6.45) is 1.14. The van der Waals surface area contributed by atoms with Crippen molar-refractivity contribution in [3.8, 4) is 5.88 Å². The molecule has 0 saturated heterocycles. The van der Waals surface area contributed by atoms with Gasteiger partial charge in [0.1, 0.15) is 5.82 Å². The maximum Gasteiger partial charge on any atom is 0.214 e. The predicted octanol–water partition coefficient (Wildman–Crippen LogP) is 0.830. The topological polar surface area (TPSA) is 80.3 Å². The monoisotopic (exact) mass is 273 g/mol. The van der Waals surface area contributed by atoms with Gasteiger partial charge in [0, 0.05) is 18.2 Å². The zero-order chi connectivity index (χ0) is 13.8. The van der Waals surface area contributed by atoms with E-state index in [2.05, 4.69) is 15.0 Å². The number of sulfonamides is 1. The van der Waals surface area contributed by atoms with Crippen molar-refractivity contribution in [2.75, 3.05) is 25.2 Å². The van der Waals surface area contributed by atoms with Crippen molar-refractivity contribution in [1.29, 1.82) is 0 Å². The first kappa shape index (κ1) is 14.7. The number of nitrogens with one attached hydrogen (secondary N) is 2. The van der Waals surface area contributed by atoms with Gasteiger partial charge in [-0.05, 0) is 19.9 Å². The summed E-state index contributed by atoms with van der Waals surface area (Å²) in [5.74, 6) is 1.15. The Kier molecular flexibility index (Phi) is 4.53. The summed E-state index contributed by atoms with van der Waals surface area (Å²) in [6.45, 7) is 4.00. The predicted molar refractivity (Wildman–Crippen MR) is 71.3 cm³/mol. The van der Waals surface area contributed by atoms with Crippen LogP contribution in [-0.2, 0) is 10.0 Å². The lowest BCUT2D eigenvalue weighted by molar-refractivity contribution is 0.398. The fourth-order valence-corrected chi connectivity index (χ4v) is 2.55. The van der Waals surface area contributed by atoms with Crippen LogP contribution in [0.3, 0.4) is 0 Å². The molecule has 0 aliphatic carbocycles. The number of anilines is 1. The number of methoxy groups -OCH3 is 1. The molecule has 1 aromatic rings. The Morgan fingerprint density at radius 1 is 1.39 bits per heavy atom. The van der Waals surface area contributed by atoms with E-state index < -0.39 is 15.6 Å². The van der Waals surface area contributed by atoms with Crippen LogP contribution in [-0.4, -0.2) is 38.9 Å². The van der Waals surface area contributed by atoms with Gasteiger partial charge in [-0.25, -0.2) is 13.1 Å². The Labute approximate surface area is 108 Å². The van der Waals surface area contributed by atoms with Gasteiger partial charge in [-0.1, -0.05) is 6.07 Å². The van der Waals surface area contributed by atoms with E-state index in [-0.39, 0.29) is 0 Å². The largest absolute Gasteiger partial charge is 0.481 e. The number of hydrogen-bond acceptors (Lipinski definition) is 5. The van der Waals surface area contributed by atoms with Crippen LogP contribution in [0.1, 0.15) is 13.8 Å². The molecule has 1 aromatic heterocycles. The Hall–Kier alpha value is -1.34. The molecule has 1 heterocycles. The van der Waals surface area contributed by atoms with Crippen molar-refractivity contribution in [2.45, 2.75) is 19.4 Å². The van der Waals surface area contributed by atoms with Gasteiger partial charge in [0.25, 0.3) is 0 Å². The molecule has 0 fully saturated rings. The zero-order valence-electron chi connectivity index (χ0n) is 11.0. The van der Waals surface area contributed by atoms with Gasteiger partial charge in [0.15, 0.2) is 0 Å². The molecule has 0 aromatic carbocycles. The summed E-state index contributed by atoms with van der Waals surface area (Å²) in [7, 11) is -1.69. The number of pyridine rings is 1. The van der Waals surface area contributed by atoms with Crippen LogP contribution in [0.2, 0.25) is 0 Å². The number of ether oxygens (including phenoxy) is 1. The molecule has 18 heavy (non-hydrogen) atoms. The van der Waals surface area contributed by atoms with Gasteiger partial charge in [-0.15, -0.1) is 0 Å². The van der Waals surface area contributed by atoms with Crippen LogP contribution in [0.5, 0.6) is 5.88 Å². The maximum atomic E-state index is 11.2. The number of rotatable bonds is 6. The molecule has 6 nitrogen and oxygen atoms in total. The molecule has 0 unspecified atom stereocenters. The van der Waals surface area contributed by atoms with Crippen molar-refractivity contribution in [1.82, 2.24) is 9.71 Å². The van der Waals surface area contributed by atoms with Gasteiger partial charge in [0.2, 0.25) is 15.9 Å². The lowest BCUT2D eigenvalue weighted by Crippen LogP contribution is -2.47. The second-order valence-corrected chi connectivity index (χ2v) is 6.43. The van der Waals surface area contributed by atoms with E-state index in [1.165, 1.54) is 0 Å². The van der Waals surface area contributed by atoms with E-state index >= 15 is 0 Å². The summed E-state index contributed by atoms with van der Waals surface area (Å²) >= 11 is 0. The van der Waals surface area contributed by atoms with E-state index in [9.17, 15) is 8.42 Å². The molecule has 0 aliphatic heterocycles. The van der Waals surface area contributed by atoms with Crippen LogP contribution in [0.4, 0.5) is 5.82 Å². The minimum Gasteiger partial charge on any atom is -0.481 e. The molecule has 0 atom stereocenters. The van der Waals surface area contributed by atoms with Crippen LogP contribution in [0.15, 0.2) is 18.2 Å². The minimum atomic E-state index is -3.23. The van der Waals surface area contributed by atoms with Crippen molar-refractivity contribution < 1.29 is 13.2 Å². The maximum absolute atomic E-state index is 11.2. The fraction of sp³-hybridized carbons (Fsp3) is 0.545. The zero-order valence-corrected chi connectivity index (χ0v) is 11.8. The van der Waals surface area contributed by atoms with Gasteiger partial charge < -0.3 is 10.1 Å². The Balaban J connectivity index is 2.63. The molecular formula is C11H19N3O3S. The van der Waals surface area contributed by atoms with E-state index in [1.807, 2.05) is 6.07 Å². The van der Waals surface area contributed by atoms with Gasteiger partial charge >= 0.3 is 0 Å². The molecule has 0 amide bonds. The molecule has 0 spiro atoms. The SMILES string of the molecule is COc1cccc(NCC(C)(C)NS(C)(=O)=O)n1. The molecule has 102 valence electrons. The number of aromatic nitrogens is 1. The summed E-state index contributed by atoms with van der Waals surface area (Å²) in [6, 6.07) is 5.34. The molecular weight excluding hydrogens is 254 g/mol. The van der Waals surface area contributed by atoms with Crippen molar-refractivity contribution in [2.24, 2.45) is 0 Å². The minimum absolute atomic E-state index is 0.417.